The van der Waals surface area contributed by atoms with Gasteiger partial charge in [0.2, 0.25) is 11.8 Å². The van der Waals surface area contributed by atoms with Crippen molar-refractivity contribution in [1.82, 2.24) is 9.97 Å². The van der Waals surface area contributed by atoms with Crippen molar-refractivity contribution < 1.29 is 44.8 Å². The van der Waals surface area contributed by atoms with E-state index in [2.05, 4.69) is 20.6 Å². The Balaban J connectivity index is 0.000000243. The van der Waals surface area contributed by atoms with Crippen LogP contribution in [-0.2, 0) is 42.9 Å². The molecule has 0 saturated heterocycles. The SMILES string of the molecule is CC(=O)c1cnc(NC(=O)[C@H](CC2CCCC2)c2ccc(S(C)(=O)=O)cc2)s1.CCOP(=O)(/C=C/c1cnc(NC(=O)[C@H](CC2CCCC2)c2ccc(S(C)(=O)=O)cc2)s1)OCC. The zero-order valence-corrected chi connectivity index (χ0v) is 40.4. The van der Waals surface area contributed by atoms with Gasteiger partial charge in [0.05, 0.1) is 45.9 Å². The van der Waals surface area contributed by atoms with Crippen molar-refractivity contribution in [3.05, 3.63) is 87.6 Å². The van der Waals surface area contributed by atoms with Crippen LogP contribution in [0.2, 0.25) is 0 Å². The molecule has 2 N–H and O–H groups in total. The van der Waals surface area contributed by atoms with E-state index in [-0.39, 0.29) is 46.5 Å². The third kappa shape index (κ3) is 15.1. The standard InChI is InChI=1S/C24H33N2O6PS2.C20H24N2O4S2/c1-4-31-33(28,32-5-2)15-14-20-17-25-24(34-20)26-23(27)22(16-18-8-6-7-9-18)19-10-12-21(13-11-19)35(3,29)30;1-13(23)18-12-21-20(27-18)22-19(24)17(11-14-5-3-4-6-14)15-7-9-16(10-8-15)28(2,25)26/h10-15,17-18,22H,4-9,16H2,1-3H3,(H,25,26,27);7-10,12,14,17H,3-6,11H2,1-2H3,(H,21,22,24)/b15-14+;/t22-;17-/m11/s1. The van der Waals surface area contributed by atoms with Gasteiger partial charge in [-0.05, 0) is 80.0 Å². The second-order valence-corrected chi connectivity index (χ2v) is 23.9. The number of carbonyl (C=O) groups is 3. The zero-order valence-electron chi connectivity index (χ0n) is 36.3. The third-order valence-electron chi connectivity index (χ3n) is 11.0. The van der Waals surface area contributed by atoms with Crippen molar-refractivity contribution in [1.29, 1.82) is 0 Å². The fourth-order valence-electron chi connectivity index (χ4n) is 7.79. The average Bonchev–Trinajstić information content (AvgIpc) is 4.08. The molecule has 0 aliphatic heterocycles. The van der Waals surface area contributed by atoms with Gasteiger partial charge in [0.1, 0.15) is 0 Å². The highest BCUT2D eigenvalue weighted by molar-refractivity contribution is 7.91. The van der Waals surface area contributed by atoms with Gasteiger partial charge in [0, 0.05) is 36.3 Å². The molecule has 2 amide bonds. The Morgan fingerprint density at radius 3 is 1.51 bits per heavy atom. The Labute approximate surface area is 379 Å². The summed E-state index contributed by atoms with van der Waals surface area (Å²) in [5.74, 6) is 1.11. The quantitative estimate of drug-likeness (QED) is 0.0665. The van der Waals surface area contributed by atoms with Crippen molar-refractivity contribution in [2.75, 3.05) is 36.4 Å². The van der Waals surface area contributed by atoms with Crippen molar-refractivity contribution >= 4 is 83.9 Å². The van der Waals surface area contributed by atoms with Gasteiger partial charge in [-0.3, -0.25) is 18.9 Å². The van der Waals surface area contributed by atoms with Gasteiger partial charge in [-0.15, -0.1) is 0 Å². The van der Waals surface area contributed by atoms with E-state index in [1.807, 2.05) is 0 Å². The van der Waals surface area contributed by atoms with Crippen LogP contribution < -0.4 is 10.6 Å². The number of amides is 2. The van der Waals surface area contributed by atoms with E-state index in [9.17, 15) is 35.8 Å². The smallest absolute Gasteiger partial charge is 0.306 e. The number of aromatic nitrogens is 2. The van der Waals surface area contributed by atoms with Crippen LogP contribution in [0, 0.1) is 11.8 Å². The molecule has 63 heavy (non-hydrogen) atoms. The molecule has 2 aliphatic rings. The van der Waals surface area contributed by atoms with Crippen molar-refractivity contribution in [2.24, 2.45) is 11.8 Å². The Hall–Kier alpha value is -3.90. The first-order valence-corrected chi connectivity index (χ1v) is 28.1. The van der Waals surface area contributed by atoms with Crippen LogP contribution in [0.5, 0.6) is 0 Å². The number of carbonyl (C=O) groups excluding carboxylic acids is 3. The number of ketones is 1. The lowest BCUT2D eigenvalue weighted by Gasteiger charge is -2.20. The van der Waals surface area contributed by atoms with Gasteiger partial charge in [-0.25, -0.2) is 26.8 Å². The van der Waals surface area contributed by atoms with Crippen LogP contribution in [0.25, 0.3) is 6.08 Å². The Morgan fingerprint density at radius 2 is 1.13 bits per heavy atom. The highest BCUT2D eigenvalue weighted by Gasteiger charge is 2.29. The number of sulfone groups is 2. The lowest BCUT2D eigenvalue weighted by Crippen LogP contribution is -2.23. The molecule has 19 heteroatoms. The van der Waals surface area contributed by atoms with E-state index in [0.29, 0.717) is 38.3 Å². The number of rotatable bonds is 19. The average molecular weight is 961 g/mol. The molecule has 0 spiro atoms. The van der Waals surface area contributed by atoms with Crippen molar-refractivity contribution in [3.8, 4) is 0 Å². The van der Waals surface area contributed by atoms with Gasteiger partial charge < -0.3 is 19.7 Å². The summed E-state index contributed by atoms with van der Waals surface area (Å²) in [6.07, 6.45) is 17.5. The number of thiazole rings is 2. The maximum Gasteiger partial charge on any atom is 0.354 e. The maximum absolute atomic E-state index is 13.3. The molecular formula is C44H57N4O10PS4. The molecule has 2 aromatic carbocycles. The predicted octanol–water partition coefficient (Wildman–Crippen LogP) is 10.1. The number of hydrogen-bond donors (Lipinski definition) is 2. The molecule has 342 valence electrons. The van der Waals surface area contributed by atoms with E-state index in [0.717, 1.165) is 54.6 Å². The summed E-state index contributed by atoms with van der Waals surface area (Å²) >= 11 is 2.42. The molecule has 2 saturated carbocycles. The lowest BCUT2D eigenvalue weighted by molar-refractivity contribution is -0.118. The second kappa shape index (κ2) is 22.8. The molecule has 2 aromatic heterocycles. The van der Waals surface area contributed by atoms with E-state index < -0.39 is 33.2 Å². The molecular weight excluding hydrogens is 904 g/mol. The van der Waals surface area contributed by atoms with Crippen molar-refractivity contribution in [2.45, 2.75) is 107 Å². The Bertz CT molecular complexity index is 2460. The summed E-state index contributed by atoms with van der Waals surface area (Å²) in [5.41, 5.74) is 1.58. The normalized spacial score (nSPS) is 16.1. The molecule has 2 fully saturated rings. The monoisotopic (exact) mass is 960 g/mol. The summed E-state index contributed by atoms with van der Waals surface area (Å²) < 4.78 is 70.2. The first-order valence-electron chi connectivity index (χ1n) is 21.1. The van der Waals surface area contributed by atoms with Gasteiger partial charge >= 0.3 is 7.60 Å². The van der Waals surface area contributed by atoms with Crippen LogP contribution in [-0.4, -0.2) is 70.1 Å². The zero-order chi connectivity index (χ0) is 45.8. The number of benzene rings is 2. The fourth-order valence-corrected chi connectivity index (χ4v) is 11.9. The molecule has 14 nitrogen and oxygen atoms in total. The van der Waals surface area contributed by atoms with Crippen molar-refractivity contribution in [3.63, 3.8) is 0 Å². The first kappa shape index (κ1) is 50.1. The van der Waals surface area contributed by atoms with Crippen LogP contribution in [0.15, 0.2) is 76.5 Å². The van der Waals surface area contributed by atoms with Gasteiger partial charge in [0.25, 0.3) is 0 Å². The molecule has 2 aliphatic carbocycles. The van der Waals surface area contributed by atoms with Crippen LogP contribution in [0.1, 0.15) is 122 Å². The van der Waals surface area contributed by atoms with E-state index in [4.69, 9.17) is 9.05 Å². The number of nitrogens with one attached hydrogen (secondary N) is 2. The summed E-state index contributed by atoms with van der Waals surface area (Å²) in [7, 11) is -9.92. The summed E-state index contributed by atoms with van der Waals surface area (Å²) in [6.45, 7) is 5.48. The van der Waals surface area contributed by atoms with Gasteiger partial charge in [0.15, 0.2) is 35.7 Å². The summed E-state index contributed by atoms with van der Waals surface area (Å²) in [6, 6.07) is 13.1. The third-order valence-corrected chi connectivity index (χ3v) is 16.9. The summed E-state index contributed by atoms with van der Waals surface area (Å²) in [4.78, 5) is 47.9. The Morgan fingerprint density at radius 1 is 0.714 bits per heavy atom. The lowest BCUT2D eigenvalue weighted by atomic mass is 9.87. The van der Waals surface area contributed by atoms with Gasteiger partial charge in [-0.2, -0.15) is 0 Å². The predicted molar refractivity (Wildman–Crippen MR) is 249 cm³/mol. The van der Waals surface area contributed by atoms with Crippen LogP contribution in [0.3, 0.4) is 0 Å². The molecule has 0 unspecified atom stereocenters. The molecule has 2 atom stereocenters. The fraction of sp³-hybridized carbons (Fsp3) is 0.477. The van der Waals surface area contributed by atoms with E-state index in [1.54, 1.807) is 74.7 Å². The highest BCUT2D eigenvalue weighted by atomic mass is 32.2. The number of nitrogens with zero attached hydrogens (tertiary/aromatic N) is 2. The molecule has 2 heterocycles. The highest BCUT2D eigenvalue weighted by Crippen LogP contribution is 2.50. The molecule has 4 aromatic rings. The number of anilines is 2. The summed E-state index contributed by atoms with van der Waals surface area (Å²) in [5, 5.41) is 6.58. The Kier molecular flexibility index (Phi) is 18.2. The maximum atomic E-state index is 13.3. The second-order valence-electron chi connectivity index (χ2n) is 15.9. The first-order chi connectivity index (χ1) is 29.9. The molecule has 0 radical (unpaired) electrons. The minimum Gasteiger partial charge on any atom is -0.306 e. The topological polar surface area (TPSA) is 205 Å². The molecule has 0 bridgehead atoms. The van der Waals surface area contributed by atoms with E-state index in [1.165, 1.54) is 68.5 Å². The van der Waals surface area contributed by atoms with Crippen LogP contribution in [0.4, 0.5) is 10.3 Å². The minimum atomic E-state index is -3.32. The van der Waals surface area contributed by atoms with Gasteiger partial charge in [-0.1, -0.05) is 98.3 Å². The molecule has 6 rings (SSSR count). The minimum absolute atomic E-state index is 0.0862. The van der Waals surface area contributed by atoms with Crippen LogP contribution >= 0.6 is 30.3 Å². The number of Topliss-reactive ketones (excluding diaryl/α,β-unsaturated/α-hetero) is 1. The number of hydrogen-bond acceptors (Lipinski definition) is 14. The van der Waals surface area contributed by atoms with E-state index >= 15 is 0 Å². The largest absolute Gasteiger partial charge is 0.354 e.